The average Bonchev–Trinajstić information content (AvgIpc) is 2.88. The first-order valence-electron chi connectivity index (χ1n) is 15.0. The molecular formula is C26H22N2O3. The van der Waals surface area contributed by atoms with Gasteiger partial charge in [0.25, 0.3) is 0 Å². The maximum atomic E-state index is 12.4. The molecule has 2 saturated heterocycles. The molecule has 0 spiro atoms. The average molecular weight is 421 g/mol. The summed E-state index contributed by atoms with van der Waals surface area (Å²) in [7, 11) is 0. The van der Waals surface area contributed by atoms with E-state index in [1.54, 1.807) is 9.80 Å². The van der Waals surface area contributed by atoms with E-state index in [0.29, 0.717) is 26.2 Å². The number of fused-ring (bicyclic) bond motifs is 2. The van der Waals surface area contributed by atoms with E-state index in [2.05, 4.69) is 0 Å². The number of hydrogen-bond donors (Lipinski definition) is 0. The number of carboxylic acid groups (broad SMARTS) is 1. The Hall–Kier alpha value is -3.60. The maximum Gasteiger partial charge on any atom is 0.363 e. The van der Waals surface area contributed by atoms with Crippen molar-refractivity contribution in [1.29, 1.82) is 0 Å². The van der Waals surface area contributed by atoms with Crippen LogP contribution in [-0.4, -0.2) is 32.1 Å². The first-order valence-corrected chi connectivity index (χ1v) is 10.0. The summed E-state index contributed by atoms with van der Waals surface area (Å²) >= 11 is 0. The molecule has 31 heavy (non-hydrogen) atoms. The summed E-state index contributed by atoms with van der Waals surface area (Å²) in [6, 6.07) is -5.79. The number of anilines is 2. The van der Waals surface area contributed by atoms with E-state index in [9.17, 15) is 9.90 Å². The Kier molecular flexibility index (Phi) is 2.39. The molecule has 0 atom stereocenters. The van der Waals surface area contributed by atoms with Crippen LogP contribution in [0.5, 0.6) is 0 Å². The van der Waals surface area contributed by atoms with Gasteiger partial charge in [-0.2, -0.15) is 0 Å². The van der Waals surface area contributed by atoms with E-state index in [1.165, 1.54) is 0 Å². The summed E-state index contributed by atoms with van der Waals surface area (Å²) in [6.07, 6.45) is 1.62. The zero-order valence-electron chi connectivity index (χ0n) is 26.4. The zero-order chi connectivity index (χ0) is 29.7. The second kappa shape index (κ2) is 6.98. The predicted molar refractivity (Wildman–Crippen MR) is 122 cm³/mol. The number of benzene rings is 3. The molecule has 1 aromatic heterocycles. The third-order valence-electron chi connectivity index (χ3n) is 5.72. The summed E-state index contributed by atoms with van der Waals surface area (Å²) in [5.41, 5.74) is -2.35. The molecule has 2 aliphatic rings. The van der Waals surface area contributed by atoms with Gasteiger partial charge in [-0.3, -0.25) is 0 Å². The fourth-order valence-electron chi connectivity index (χ4n) is 3.79. The van der Waals surface area contributed by atoms with Gasteiger partial charge in [0.2, 0.25) is 0 Å². The van der Waals surface area contributed by atoms with Crippen LogP contribution in [0.2, 0.25) is 0 Å². The lowest BCUT2D eigenvalue weighted by atomic mass is 9.93. The van der Waals surface area contributed by atoms with Crippen LogP contribution < -0.4 is 14.9 Å². The van der Waals surface area contributed by atoms with Crippen molar-refractivity contribution in [2.24, 2.45) is 0 Å². The highest BCUT2D eigenvalue weighted by Crippen LogP contribution is 2.41. The standard InChI is InChI=1S/C26H22N2O3/c29-26(30)20-6-2-1-5-19(20)25-21-9-7-17(27-11-3-12-27)15-23(21)31-24-16-18(8-10-22(24)25)28-13-4-14-28/h1-2,5-10,15-16H,3-4,11-14H2/i1D,2D,5D,6D,7D,8D,9D,10D,15D,16D. The highest BCUT2D eigenvalue weighted by atomic mass is 16.4. The van der Waals surface area contributed by atoms with Crippen LogP contribution in [0.1, 0.15) is 36.9 Å². The SMILES string of the molecule is [2H]c1c([2H])c([2H])c(-c2c3c([2H])c([2H])c(N4CCC4)c([2H])c3[o+]c3c([2H])c(N4CCC4)c([2H])c([2H])c23)c(C(=O)[O-])c1[2H]. The Balaban J connectivity index is 1.93. The molecule has 0 saturated carbocycles. The van der Waals surface area contributed by atoms with Crippen molar-refractivity contribution in [2.45, 2.75) is 12.8 Å². The van der Waals surface area contributed by atoms with Crippen LogP contribution >= 0.6 is 0 Å². The number of carbonyl (C=O) groups excluding carboxylic acids is 1. The van der Waals surface area contributed by atoms with E-state index in [1.807, 2.05) is 0 Å². The third-order valence-corrected chi connectivity index (χ3v) is 5.72. The Morgan fingerprint density at radius 3 is 1.87 bits per heavy atom. The van der Waals surface area contributed by atoms with Gasteiger partial charge in [0.1, 0.15) is 0 Å². The summed E-state index contributed by atoms with van der Waals surface area (Å²) in [5.74, 6) is -1.95. The van der Waals surface area contributed by atoms with Crippen molar-refractivity contribution in [3.63, 3.8) is 0 Å². The third kappa shape index (κ3) is 2.92. The van der Waals surface area contributed by atoms with Gasteiger partial charge in [-0.05, 0) is 42.6 Å². The second-order valence-electron chi connectivity index (χ2n) is 7.55. The molecule has 0 bridgehead atoms. The van der Waals surface area contributed by atoms with Gasteiger partial charge in [-0.1, -0.05) is 24.2 Å². The molecule has 6 rings (SSSR count). The van der Waals surface area contributed by atoms with Gasteiger partial charge in [0, 0.05) is 48.7 Å². The number of carbonyl (C=O) groups is 1. The fourth-order valence-corrected chi connectivity index (χ4v) is 3.79. The van der Waals surface area contributed by atoms with Crippen LogP contribution in [0.4, 0.5) is 11.4 Å². The topological polar surface area (TPSA) is 57.9 Å². The lowest BCUT2D eigenvalue weighted by Crippen LogP contribution is -2.36. The molecule has 0 unspecified atom stereocenters. The normalized spacial score (nSPS) is 20.3. The van der Waals surface area contributed by atoms with E-state index in [0.717, 1.165) is 12.8 Å². The molecule has 0 amide bonds. The lowest BCUT2D eigenvalue weighted by molar-refractivity contribution is -0.254. The summed E-state index contributed by atoms with van der Waals surface area (Å²) in [6.45, 7) is 2.14. The molecule has 0 aliphatic carbocycles. The lowest BCUT2D eigenvalue weighted by Gasteiger charge is -2.33. The Labute approximate surface area is 194 Å². The van der Waals surface area contributed by atoms with Crippen LogP contribution in [-0.2, 0) is 0 Å². The molecule has 3 heterocycles. The molecule has 154 valence electrons. The van der Waals surface area contributed by atoms with Crippen LogP contribution in [0.25, 0.3) is 33.1 Å². The van der Waals surface area contributed by atoms with Gasteiger partial charge < -0.3 is 19.7 Å². The van der Waals surface area contributed by atoms with Crippen molar-refractivity contribution in [3.05, 3.63) is 66.0 Å². The number of nitrogens with zero attached hydrogens (tertiary/aromatic N) is 2. The largest absolute Gasteiger partial charge is 0.545 e. The minimum Gasteiger partial charge on any atom is -0.545 e. The summed E-state index contributed by atoms with van der Waals surface area (Å²) in [5, 5.41) is 11.7. The van der Waals surface area contributed by atoms with E-state index >= 15 is 0 Å². The van der Waals surface area contributed by atoms with Crippen molar-refractivity contribution < 1.29 is 28.0 Å². The Morgan fingerprint density at radius 1 is 0.839 bits per heavy atom. The quantitative estimate of drug-likeness (QED) is 0.364. The Morgan fingerprint density at radius 2 is 1.39 bits per heavy atom. The first-order chi connectivity index (χ1) is 19.4. The highest BCUT2D eigenvalue weighted by molar-refractivity contribution is 6.12. The van der Waals surface area contributed by atoms with Gasteiger partial charge >= 0.3 is 11.2 Å². The van der Waals surface area contributed by atoms with Crippen LogP contribution in [0.15, 0.2) is 64.8 Å². The van der Waals surface area contributed by atoms with Gasteiger partial charge in [0.05, 0.1) is 42.5 Å². The number of rotatable bonds is 4. The minimum absolute atomic E-state index is 0.107. The number of hydrogen-bond acceptors (Lipinski definition) is 4. The monoisotopic (exact) mass is 420 g/mol. The smallest absolute Gasteiger partial charge is 0.363 e. The van der Waals surface area contributed by atoms with Gasteiger partial charge in [-0.25, -0.2) is 4.42 Å². The van der Waals surface area contributed by atoms with E-state index in [-0.39, 0.29) is 57.5 Å². The highest BCUT2D eigenvalue weighted by Gasteiger charge is 2.26. The van der Waals surface area contributed by atoms with Gasteiger partial charge in [-0.15, -0.1) is 0 Å². The number of carboxylic acids is 1. The maximum absolute atomic E-state index is 12.4. The molecule has 3 aromatic carbocycles. The predicted octanol–water partition coefficient (Wildman–Crippen LogP) is 4.32. The fraction of sp³-hybridized carbons (Fsp3) is 0.231. The summed E-state index contributed by atoms with van der Waals surface area (Å²) < 4.78 is 92.6. The van der Waals surface area contributed by atoms with Gasteiger partial charge in [0.15, 0.2) is 0 Å². The molecule has 5 nitrogen and oxygen atoms in total. The van der Waals surface area contributed by atoms with Crippen LogP contribution in [0.3, 0.4) is 0 Å². The van der Waals surface area contributed by atoms with Crippen molar-refractivity contribution >= 4 is 39.3 Å². The second-order valence-corrected chi connectivity index (χ2v) is 7.55. The van der Waals surface area contributed by atoms with Crippen LogP contribution in [0, 0.1) is 0 Å². The van der Waals surface area contributed by atoms with E-state index in [4.69, 9.17) is 18.1 Å². The Bertz CT molecular complexity index is 1770. The molecule has 0 N–H and O–H groups in total. The molecule has 2 fully saturated rings. The minimum atomic E-state index is -1.95. The molecular weight excluding hydrogens is 388 g/mol. The molecule has 5 heteroatoms. The van der Waals surface area contributed by atoms with Crippen molar-refractivity contribution in [2.75, 3.05) is 36.0 Å². The number of aromatic carboxylic acids is 1. The van der Waals surface area contributed by atoms with Crippen molar-refractivity contribution in [3.8, 4) is 11.1 Å². The zero-order valence-corrected chi connectivity index (χ0v) is 16.4. The molecule has 2 aliphatic heterocycles. The van der Waals surface area contributed by atoms with E-state index < -0.39 is 58.9 Å². The molecule has 0 radical (unpaired) electrons. The molecule has 4 aromatic rings. The first kappa shape index (κ1) is 10.6. The summed E-state index contributed by atoms with van der Waals surface area (Å²) in [4.78, 5) is 15.8. The van der Waals surface area contributed by atoms with Crippen molar-refractivity contribution in [1.82, 2.24) is 0 Å².